The Balaban J connectivity index is 1.27. The first-order chi connectivity index (χ1) is 14.4. The Bertz CT molecular complexity index is 1060. The van der Waals surface area contributed by atoms with Gasteiger partial charge in [-0.1, -0.05) is 12.1 Å². The molecule has 6 rings (SSSR count). The zero-order valence-electron chi connectivity index (χ0n) is 16.4. The van der Waals surface area contributed by atoms with E-state index in [0.29, 0.717) is 6.54 Å². The molecule has 7 heteroatoms. The molecular weight excluding hydrogens is 390 g/mol. The summed E-state index contributed by atoms with van der Waals surface area (Å²) in [6, 6.07) is 9.49. The van der Waals surface area contributed by atoms with Crippen molar-refractivity contribution in [2.24, 2.45) is 5.41 Å². The van der Waals surface area contributed by atoms with Crippen LogP contribution in [0, 0.1) is 17.0 Å². The number of aromatic hydroxyl groups is 1. The summed E-state index contributed by atoms with van der Waals surface area (Å²) >= 11 is 0. The van der Waals surface area contributed by atoms with Crippen molar-refractivity contribution in [3.63, 3.8) is 0 Å². The molecular formula is C23H22F2N2O3. The maximum Gasteiger partial charge on any atom is 0.251 e. The maximum absolute atomic E-state index is 13.5. The van der Waals surface area contributed by atoms with Crippen LogP contribution in [0.25, 0.3) is 11.1 Å². The van der Waals surface area contributed by atoms with E-state index in [1.807, 2.05) is 24.3 Å². The fraction of sp³-hybridized carbons (Fsp3) is 0.391. The number of hydrogen-bond donors (Lipinski definition) is 2. The largest absolute Gasteiger partial charge is 0.503 e. The van der Waals surface area contributed by atoms with Gasteiger partial charge in [-0.2, -0.15) is 0 Å². The van der Waals surface area contributed by atoms with E-state index in [2.05, 4.69) is 5.32 Å². The van der Waals surface area contributed by atoms with E-state index in [-0.39, 0.29) is 16.4 Å². The van der Waals surface area contributed by atoms with E-state index in [9.17, 15) is 18.7 Å². The van der Waals surface area contributed by atoms with Gasteiger partial charge in [0.1, 0.15) is 5.52 Å². The third-order valence-corrected chi connectivity index (χ3v) is 7.05. The second kappa shape index (κ2) is 6.79. The standard InChI is InChI=1S/C23H22F2N2O3/c24-15-11-14(12-16(25)19(15)28)20(29)26-13-22-5-8-23(9-6-22,10-7-22)21-27-17-3-1-2-4-18(17)30-21/h1-4,11-12,28H,5-10,13H2,(H,26,29)/t22-,23+. The number of halogens is 2. The summed E-state index contributed by atoms with van der Waals surface area (Å²) < 4.78 is 33.2. The Hall–Kier alpha value is -2.96. The zero-order valence-corrected chi connectivity index (χ0v) is 16.4. The van der Waals surface area contributed by atoms with Crippen molar-refractivity contribution in [2.45, 2.75) is 43.9 Å². The number of nitrogens with zero attached hydrogens (tertiary/aromatic N) is 1. The minimum atomic E-state index is -1.14. The molecule has 3 aliphatic carbocycles. The van der Waals surface area contributed by atoms with Crippen molar-refractivity contribution in [3.8, 4) is 5.75 Å². The molecule has 3 aromatic rings. The van der Waals surface area contributed by atoms with Crippen LogP contribution in [-0.4, -0.2) is 22.5 Å². The summed E-state index contributed by atoms with van der Waals surface area (Å²) in [5.41, 5.74) is 1.49. The van der Waals surface area contributed by atoms with E-state index in [1.54, 1.807) is 0 Å². The molecule has 2 N–H and O–H groups in total. The highest BCUT2D eigenvalue weighted by molar-refractivity contribution is 5.94. The lowest BCUT2D eigenvalue weighted by Gasteiger charge is -2.52. The molecule has 2 bridgehead atoms. The third kappa shape index (κ3) is 3.04. The van der Waals surface area contributed by atoms with Crippen molar-refractivity contribution in [1.29, 1.82) is 0 Å². The molecule has 156 valence electrons. The minimum absolute atomic E-state index is 0.0164. The fourth-order valence-corrected chi connectivity index (χ4v) is 5.01. The van der Waals surface area contributed by atoms with Gasteiger partial charge in [0.25, 0.3) is 5.91 Å². The normalized spacial score (nSPS) is 25.5. The van der Waals surface area contributed by atoms with E-state index in [1.165, 1.54) is 0 Å². The molecule has 1 aromatic heterocycles. The molecule has 0 saturated heterocycles. The molecule has 0 aliphatic heterocycles. The van der Waals surface area contributed by atoms with Gasteiger partial charge in [-0.05, 0) is 68.2 Å². The number of nitrogens with one attached hydrogen (secondary N) is 1. The maximum atomic E-state index is 13.5. The van der Waals surface area contributed by atoms with E-state index in [4.69, 9.17) is 9.40 Å². The first kappa shape index (κ1) is 19.0. The number of fused-ring (bicyclic) bond motifs is 4. The SMILES string of the molecule is O=C(NC[C@]12CC[C@](c3nc4ccccc4o3)(CC1)CC2)c1cc(F)c(O)c(F)c1. The number of benzene rings is 2. The molecule has 0 unspecified atom stereocenters. The number of hydrogen-bond acceptors (Lipinski definition) is 4. The van der Waals surface area contributed by atoms with Gasteiger partial charge >= 0.3 is 0 Å². The van der Waals surface area contributed by atoms with E-state index < -0.39 is 23.3 Å². The van der Waals surface area contributed by atoms with Crippen LogP contribution in [0.1, 0.15) is 54.8 Å². The molecule has 5 nitrogen and oxygen atoms in total. The Morgan fingerprint density at radius 1 is 1.07 bits per heavy atom. The van der Waals surface area contributed by atoms with Gasteiger partial charge in [-0.25, -0.2) is 13.8 Å². The van der Waals surface area contributed by atoms with Crippen LogP contribution in [0.2, 0.25) is 0 Å². The van der Waals surface area contributed by atoms with E-state index in [0.717, 1.165) is 67.6 Å². The van der Waals surface area contributed by atoms with Gasteiger partial charge in [0.15, 0.2) is 23.0 Å². The summed E-state index contributed by atoms with van der Waals surface area (Å²) in [4.78, 5) is 17.1. The number of amides is 1. The number of phenols is 1. The van der Waals surface area contributed by atoms with Gasteiger partial charge in [0.2, 0.25) is 5.89 Å². The van der Waals surface area contributed by atoms with Crippen LogP contribution in [-0.2, 0) is 5.41 Å². The Morgan fingerprint density at radius 3 is 2.33 bits per heavy atom. The molecule has 0 atom stereocenters. The topological polar surface area (TPSA) is 75.4 Å². The molecule has 1 heterocycles. The monoisotopic (exact) mass is 412 g/mol. The van der Waals surface area contributed by atoms with Crippen LogP contribution in [0.4, 0.5) is 8.78 Å². The predicted octanol–water partition coefficient (Wildman–Crippen LogP) is 4.83. The average Bonchev–Trinajstić information content (AvgIpc) is 3.22. The lowest BCUT2D eigenvalue weighted by molar-refractivity contribution is 0.0265. The number of carbonyl (C=O) groups is 1. The van der Waals surface area contributed by atoms with Crippen LogP contribution in [0.5, 0.6) is 5.75 Å². The smallest absolute Gasteiger partial charge is 0.251 e. The summed E-state index contributed by atoms with van der Waals surface area (Å²) in [6.45, 7) is 0.458. The molecule has 1 amide bonds. The number of phenolic OH excluding ortho intramolecular Hbond substituents is 1. The zero-order chi connectivity index (χ0) is 20.9. The van der Waals surface area contributed by atoms with Crippen LogP contribution < -0.4 is 5.32 Å². The first-order valence-corrected chi connectivity index (χ1v) is 10.2. The quantitative estimate of drug-likeness (QED) is 0.643. The van der Waals surface area contributed by atoms with Crippen molar-refractivity contribution in [2.75, 3.05) is 6.54 Å². The highest BCUT2D eigenvalue weighted by atomic mass is 19.1. The van der Waals surface area contributed by atoms with Crippen molar-refractivity contribution >= 4 is 17.0 Å². The number of para-hydroxylation sites is 2. The minimum Gasteiger partial charge on any atom is -0.503 e. The van der Waals surface area contributed by atoms with Gasteiger partial charge in [0.05, 0.1) is 0 Å². The number of aromatic nitrogens is 1. The summed E-state index contributed by atoms with van der Waals surface area (Å²) in [5, 5.41) is 12.0. The van der Waals surface area contributed by atoms with Crippen molar-refractivity contribution in [1.82, 2.24) is 10.3 Å². The van der Waals surface area contributed by atoms with Crippen LogP contribution in [0.15, 0.2) is 40.8 Å². The highest BCUT2D eigenvalue weighted by Gasteiger charge is 2.51. The molecule has 0 spiro atoms. The molecule has 2 aromatic carbocycles. The second-order valence-corrected chi connectivity index (χ2v) is 8.74. The van der Waals surface area contributed by atoms with Gasteiger partial charge in [-0.15, -0.1) is 0 Å². The van der Waals surface area contributed by atoms with Gasteiger partial charge < -0.3 is 14.8 Å². The average molecular weight is 412 g/mol. The number of rotatable bonds is 4. The Kier molecular flexibility index (Phi) is 4.31. The third-order valence-electron chi connectivity index (χ3n) is 7.05. The first-order valence-electron chi connectivity index (χ1n) is 10.2. The molecule has 3 aliphatic rings. The summed E-state index contributed by atoms with van der Waals surface area (Å²) in [6.07, 6.45) is 5.63. The summed E-state index contributed by atoms with van der Waals surface area (Å²) in [7, 11) is 0. The fourth-order valence-electron chi connectivity index (χ4n) is 5.01. The molecule has 3 saturated carbocycles. The van der Waals surface area contributed by atoms with Crippen molar-refractivity contribution in [3.05, 3.63) is 59.5 Å². The van der Waals surface area contributed by atoms with Crippen molar-refractivity contribution < 1.29 is 23.1 Å². The summed E-state index contributed by atoms with van der Waals surface area (Å²) in [5.74, 6) is -3.08. The Labute approximate surface area is 172 Å². The highest BCUT2D eigenvalue weighted by Crippen LogP contribution is 2.57. The number of oxazole rings is 1. The lowest BCUT2D eigenvalue weighted by atomic mass is 9.53. The number of carbonyl (C=O) groups excluding carboxylic acids is 1. The van der Waals surface area contributed by atoms with E-state index >= 15 is 0 Å². The predicted molar refractivity (Wildman–Crippen MR) is 106 cm³/mol. The van der Waals surface area contributed by atoms with Gasteiger partial charge in [-0.3, -0.25) is 4.79 Å². The molecule has 0 radical (unpaired) electrons. The molecule has 30 heavy (non-hydrogen) atoms. The Morgan fingerprint density at radius 2 is 1.70 bits per heavy atom. The molecule has 3 fully saturated rings. The van der Waals surface area contributed by atoms with Crippen LogP contribution in [0.3, 0.4) is 0 Å². The van der Waals surface area contributed by atoms with Crippen LogP contribution >= 0.6 is 0 Å². The second-order valence-electron chi connectivity index (χ2n) is 8.74. The lowest BCUT2D eigenvalue weighted by Crippen LogP contribution is -2.49. The van der Waals surface area contributed by atoms with Gasteiger partial charge in [0, 0.05) is 17.5 Å².